The Balaban J connectivity index is 2.80. The minimum absolute atomic E-state index is 0.222. The van der Waals surface area contributed by atoms with Crippen LogP contribution >= 0.6 is 0 Å². The van der Waals surface area contributed by atoms with Crippen LogP contribution < -0.4 is 5.32 Å². The van der Waals surface area contributed by atoms with Crippen LogP contribution in [0.15, 0.2) is 12.3 Å². The van der Waals surface area contributed by atoms with Crippen molar-refractivity contribution < 1.29 is 18.0 Å². The van der Waals surface area contributed by atoms with Crippen LogP contribution in [0.5, 0.6) is 0 Å². The van der Waals surface area contributed by atoms with Crippen LogP contribution in [0.1, 0.15) is 19.5 Å². The normalized spacial score (nSPS) is 12.9. The van der Waals surface area contributed by atoms with Crippen LogP contribution in [0.4, 0.5) is 19.1 Å². The van der Waals surface area contributed by atoms with Crippen LogP contribution in [-0.2, 0) is 11.0 Å². The third-order valence-electron chi connectivity index (χ3n) is 2.51. The Morgan fingerprint density at radius 2 is 2.16 bits per heavy atom. The Hall–Kier alpha value is -1.86. The van der Waals surface area contributed by atoms with Crippen LogP contribution in [0.2, 0.25) is 0 Å². The Morgan fingerprint density at radius 3 is 2.68 bits per heavy atom. The van der Waals surface area contributed by atoms with Gasteiger partial charge in [0.25, 0.3) is 0 Å². The van der Waals surface area contributed by atoms with Crippen molar-refractivity contribution in [1.29, 1.82) is 0 Å². The highest BCUT2D eigenvalue weighted by Gasteiger charge is 2.33. The van der Waals surface area contributed by atoms with Gasteiger partial charge in [-0.1, -0.05) is 0 Å². The summed E-state index contributed by atoms with van der Waals surface area (Å²) in [5.74, 6) is -0.469. The number of halogens is 3. The molecule has 0 aliphatic carbocycles. The van der Waals surface area contributed by atoms with E-state index in [0.29, 0.717) is 6.54 Å². The minimum atomic E-state index is -4.53. The van der Waals surface area contributed by atoms with E-state index < -0.39 is 17.9 Å². The van der Waals surface area contributed by atoms with Crippen LogP contribution in [0.3, 0.4) is 0 Å². The summed E-state index contributed by atoms with van der Waals surface area (Å²) in [4.78, 5) is 20.2. The Labute approximate surface area is 108 Å². The van der Waals surface area contributed by atoms with Gasteiger partial charge in [0.2, 0.25) is 11.9 Å². The first-order valence-corrected chi connectivity index (χ1v) is 5.67. The van der Waals surface area contributed by atoms with E-state index in [9.17, 15) is 18.0 Å². The second kappa shape index (κ2) is 5.85. The molecule has 0 aliphatic heterocycles. The summed E-state index contributed by atoms with van der Waals surface area (Å²) in [5.41, 5.74) is -1.05. The molecule has 1 atom stereocenters. The van der Waals surface area contributed by atoms with Gasteiger partial charge in [-0.3, -0.25) is 4.79 Å². The van der Waals surface area contributed by atoms with E-state index in [4.69, 9.17) is 0 Å². The van der Waals surface area contributed by atoms with Crippen molar-refractivity contribution in [3.63, 3.8) is 0 Å². The Morgan fingerprint density at radius 1 is 1.53 bits per heavy atom. The van der Waals surface area contributed by atoms with Crippen LogP contribution in [0.25, 0.3) is 0 Å². The Bertz CT molecular complexity index is 450. The van der Waals surface area contributed by atoms with Gasteiger partial charge in [0, 0.05) is 19.8 Å². The van der Waals surface area contributed by atoms with Gasteiger partial charge < -0.3 is 10.2 Å². The SMILES string of the molecule is CCN(C)C(=O)C(C)Nc1nccc(C(F)(F)F)n1. The van der Waals surface area contributed by atoms with Gasteiger partial charge in [-0.2, -0.15) is 13.2 Å². The molecule has 5 nitrogen and oxygen atoms in total. The van der Waals surface area contributed by atoms with Crippen molar-refractivity contribution in [2.24, 2.45) is 0 Å². The van der Waals surface area contributed by atoms with Gasteiger partial charge in [-0.05, 0) is 19.9 Å². The number of alkyl halides is 3. The highest BCUT2D eigenvalue weighted by atomic mass is 19.4. The maximum Gasteiger partial charge on any atom is 0.433 e. The summed E-state index contributed by atoms with van der Waals surface area (Å²) in [5, 5.41) is 2.56. The number of hydrogen-bond acceptors (Lipinski definition) is 4. The zero-order valence-electron chi connectivity index (χ0n) is 10.8. The first-order valence-electron chi connectivity index (χ1n) is 5.67. The quantitative estimate of drug-likeness (QED) is 0.910. The number of amides is 1. The molecule has 1 aromatic rings. The number of nitrogens with zero attached hydrogens (tertiary/aromatic N) is 3. The summed E-state index contributed by atoms with van der Waals surface area (Å²) in [6, 6.07) is 0.0731. The number of carbonyl (C=O) groups is 1. The minimum Gasteiger partial charge on any atom is -0.344 e. The maximum atomic E-state index is 12.5. The number of rotatable bonds is 4. The summed E-state index contributed by atoms with van der Waals surface area (Å²) in [6.07, 6.45) is -3.54. The highest BCUT2D eigenvalue weighted by Crippen LogP contribution is 2.27. The van der Waals surface area contributed by atoms with Crippen LogP contribution in [-0.4, -0.2) is 40.4 Å². The van der Waals surface area contributed by atoms with E-state index >= 15 is 0 Å². The van der Waals surface area contributed by atoms with E-state index in [-0.39, 0.29) is 11.9 Å². The molecule has 1 N–H and O–H groups in total. The summed E-state index contributed by atoms with van der Waals surface area (Å²) < 4.78 is 37.4. The molecule has 0 spiro atoms. The molecule has 0 aliphatic rings. The molecule has 0 aromatic carbocycles. The van der Waals surface area contributed by atoms with E-state index in [2.05, 4.69) is 15.3 Å². The van der Waals surface area contributed by atoms with Gasteiger partial charge in [-0.15, -0.1) is 0 Å². The molecular weight excluding hydrogens is 261 g/mol. The average molecular weight is 276 g/mol. The molecule has 106 valence electrons. The zero-order chi connectivity index (χ0) is 14.6. The molecular formula is C11H15F3N4O. The molecule has 8 heteroatoms. The molecule has 1 amide bonds. The summed E-state index contributed by atoms with van der Waals surface area (Å²) in [6.45, 7) is 3.85. The van der Waals surface area contributed by atoms with E-state index in [1.54, 1.807) is 14.0 Å². The molecule has 1 heterocycles. The first-order chi connectivity index (χ1) is 8.75. The maximum absolute atomic E-state index is 12.5. The number of likely N-dealkylation sites (N-methyl/N-ethyl adjacent to an activating group) is 1. The molecule has 1 aromatic heterocycles. The third kappa shape index (κ3) is 4.08. The predicted octanol–water partition coefficient (Wildman–Crippen LogP) is 1.77. The van der Waals surface area contributed by atoms with Crippen molar-refractivity contribution in [3.05, 3.63) is 18.0 Å². The zero-order valence-corrected chi connectivity index (χ0v) is 10.8. The monoisotopic (exact) mass is 276 g/mol. The van der Waals surface area contributed by atoms with Crippen LogP contribution in [0, 0.1) is 0 Å². The lowest BCUT2D eigenvalue weighted by Crippen LogP contribution is -2.39. The fourth-order valence-electron chi connectivity index (χ4n) is 1.33. The largest absolute Gasteiger partial charge is 0.433 e. The number of carbonyl (C=O) groups excluding carboxylic acids is 1. The number of hydrogen-bond donors (Lipinski definition) is 1. The lowest BCUT2D eigenvalue weighted by molar-refractivity contribution is -0.141. The number of aromatic nitrogens is 2. The molecule has 19 heavy (non-hydrogen) atoms. The molecule has 0 saturated heterocycles. The van der Waals surface area contributed by atoms with Crippen molar-refractivity contribution in [2.45, 2.75) is 26.1 Å². The van der Waals surface area contributed by atoms with Gasteiger partial charge in [-0.25, -0.2) is 9.97 Å². The predicted molar refractivity (Wildman–Crippen MR) is 63.4 cm³/mol. The molecule has 0 bridgehead atoms. The fourth-order valence-corrected chi connectivity index (χ4v) is 1.33. The molecule has 1 unspecified atom stereocenters. The molecule has 1 rings (SSSR count). The van der Waals surface area contributed by atoms with Gasteiger partial charge in [0.1, 0.15) is 11.7 Å². The third-order valence-corrected chi connectivity index (χ3v) is 2.51. The number of anilines is 1. The average Bonchev–Trinajstić information content (AvgIpc) is 2.36. The van der Waals surface area contributed by atoms with Crippen molar-refractivity contribution in [2.75, 3.05) is 18.9 Å². The van der Waals surface area contributed by atoms with E-state index in [0.717, 1.165) is 12.3 Å². The van der Waals surface area contributed by atoms with Crippen molar-refractivity contribution >= 4 is 11.9 Å². The summed E-state index contributed by atoms with van der Waals surface area (Å²) >= 11 is 0. The Kier molecular flexibility index (Phi) is 4.68. The van der Waals surface area contributed by atoms with Crippen molar-refractivity contribution in [1.82, 2.24) is 14.9 Å². The molecule has 0 saturated carbocycles. The molecule has 0 radical (unpaired) electrons. The second-order valence-corrected chi connectivity index (χ2v) is 3.98. The first kappa shape index (κ1) is 15.2. The lowest BCUT2D eigenvalue weighted by atomic mass is 10.3. The van der Waals surface area contributed by atoms with Gasteiger partial charge >= 0.3 is 6.18 Å². The number of nitrogens with one attached hydrogen (secondary N) is 1. The van der Waals surface area contributed by atoms with Gasteiger partial charge in [0.15, 0.2) is 0 Å². The topological polar surface area (TPSA) is 58.1 Å². The van der Waals surface area contributed by atoms with Gasteiger partial charge in [0.05, 0.1) is 0 Å². The smallest absolute Gasteiger partial charge is 0.344 e. The standard InChI is InChI=1S/C11H15F3N4O/c1-4-18(3)9(19)7(2)16-10-15-6-5-8(17-10)11(12,13)14/h5-7H,4H2,1-3H3,(H,15,16,17). The second-order valence-electron chi connectivity index (χ2n) is 3.98. The molecule has 0 fully saturated rings. The van der Waals surface area contributed by atoms with E-state index in [1.807, 2.05) is 0 Å². The van der Waals surface area contributed by atoms with E-state index in [1.165, 1.54) is 11.8 Å². The highest BCUT2D eigenvalue weighted by molar-refractivity contribution is 5.83. The summed E-state index contributed by atoms with van der Waals surface area (Å²) in [7, 11) is 1.60. The van der Waals surface area contributed by atoms with Crippen molar-refractivity contribution in [3.8, 4) is 0 Å². The lowest BCUT2D eigenvalue weighted by Gasteiger charge is -2.20. The fraction of sp³-hybridized carbons (Fsp3) is 0.545.